The number of amides is 3. The number of rotatable bonds is 9. The zero-order valence-corrected chi connectivity index (χ0v) is 13.4. The predicted molar refractivity (Wildman–Crippen MR) is 80.0 cm³/mol. The van der Waals surface area contributed by atoms with Gasteiger partial charge in [0.25, 0.3) is 0 Å². The number of carbonyl (C=O) groups excluding carboxylic acids is 2. The van der Waals surface area contributed by atoms with E-state index in [1.54, 1.807) is 13.8 Å². The van der Waals surface area contributed by atoms with Crippen molar-refractivity contribution in [2.75, 3.05) is 26.7 Å². The average Bonchev–Trinajstić information content (AvgIpc) is 2.45. The summed E-state index contributed by atoms with van der Waals surface area (Å²) in [7, 11) is 1.50. The SMILES string of the molecule is CCCNC(=O)CN(C)C(=O)NCC(CC)(CC)C(=O)O. The normalized spacial score (nSPS) is 10.9. The molecule has 3 N–H and O–H groups in total. The Hall–Kier alpha value is -1.79. The Balaban J connectivity index is 4.41. The van der Waals surface area contributed by atoms with Crippen molar-refractivity contribution >= 4 is 17.9 Å². The molecule has 0 rings (SSSR count). The first-order valence-electron chi connectivity index (χ1n) is 7.32. The van der Waals surface area contributed by atoms with Gasteiger partial charge in [-0.25, -0.2) is 4.79 Å². The molecule has 0 aliphatic rings. The molecule has 7 nitrogen and oxygen atoms in total. The Kier molecular flexibility index (Phi) is 8.42. The molecule has 0 heterocycles. The highest BCUT2D eigenvalue weighted by atomic mass is 16.4. The van der Waals surface area contributed by atoms with Gasteiger partial charge in [0, 0.05) is 20.1 Å². The molecule has 3 amide bonds. The number of carboxylic acid groups (broad SMARTS) is 1. The van der Waals surface area contributed by atoms with Crippen LogP contribution in [0.25, 0.3) is 0 Å². The van der Waals surface area contributed by atoms with Gasteiger partial charge in [-0.2, -0.15) is 0 Å². The van der Waals surface area contributed by atoms with E-state index in [1.165, 1.54) is 11.9 Å². The number of aliphatic carboxylic acids is 1. The van der Waals surface area contributed by atoms with Crippen molar-refractivity contribution in [3.63, 3.8) is 0 Å². The summed E-state index contributed by atoms with van der Waals surface area (Å²) in [5.74, 6) is -1.15. The maximum absolute atomic E-state index is 11.9. The van der Waals surface area contributed by atoms with Crippen molar-refractivity contribution in [2.24, 2.45) is 5.41 Å². The van der Waals surface area contributed by atoms with Crippen LogP contribution in [0.5, 0.6) is 0 Å². The Morgan fingerprint density at radius 3 is 2.10 bits per heavy atom. The van der Waals surface area contributed by atoms with Gasteiger partial charge >= 0.3 is 12.0 Å². The summed E-state index contributed by atoms with van der Waals surface area (Å²) in [5, 5.41) is 14.6. The molecule has 0 saturated heterocycles. The molecule has 0 aromatic heterocycles. The van der Waals surface area contributed by atoms with E-state index in [2.05, 4.69) is 10.6 Å². The van der Waals surface area contributed by atoms with Crippen LogP contribution in [0.4, 0.5) is 4.79 Å². The molecule has 0 atom stereocenters. The lowest BCUT2D eigenvalue weighted by atomic mass is 9.82. The second kappa shape index (κ2) is 9.20. The van der Waals surface area contributed by atoms with Crippen LogP contribution in [0.15, 0.2) is 0 Å². The topological polar surface area (TPSA) is 98.7 Å². The van der Waals surface area contributed by atoms with Crippen LogP contribution in [-0.4, -0.2) is 54.6 Å². The first-order chi connectivity index (χ1) is 9.82. The Labute approximate surface area is 126 Å². The number of urea groups is 1. The molecular formula is C14H27N3O4. The molecule has 0 aliphatic carbocycles. The van der Waals surface area contributed by atoms with E-state index in [-0.39, 0.29) is 19.0 Å². The first-order valence-corrected chi connectivity index (χ1v) is 7.32. The maximum Gasteiger partial charge on any atom is 0.317 e. The molecule has 7 heteroatoms. The molecule has 0 fully saturated rings. The number of carboxylic acids is 1. The minimum absolute atomic E-state index is 0.0507. The van der Waals surface area contributed by atoms with Crippen LogP contribution in [-0.2, 0) is 9.59 Å². The van der Waals surface area contributed by atoms with Gasteiger partial charge in [-0.05, 0) is 19.3 Å². The molecule has 0 aromatic rings. The van der Waals surface area contributed by atoms with Crippen LogP contribution in [0.3, 0.4) is 0 Å². The summed E-state index contributed by atoms with van der Waals surface area (Å²) < 4.78 is 0. The lowest BCUT2D eigenvalue weighted by Crippen LogP contribution is -2.48. The zero-order chi connectivity index (χ0) is 16.5. The molecule has 0 radical (unpaired) electrons. The van der Waals surface area contributed by atoms with Crippen LogP contribution in [0.1, 0.15) is 40.0 Å². The van der Waals surface area contributed by atoms with Gasteiger partial charge in [-0.3, -0.25) is 9.59 Å². The van der Waals surface area contributed by atoms with E-state index in [0.29, 0.717) is 19.4 Å². The summed E-state index contributed by atoms with van der Waals surface area (Å²) in [4.78, 5) is 36.0. The molecule has 122 valence electrons. The summed E-state index contributed by atoms with van der Waals surface area (Å²) in [6, 6.07) is -0.450. The van der Waals surface area contributed by atoms with E-state index >= 15 is 0 Å². The van der Waals surface area contributed by atoms with Gasteiger partial charge in [0.05, 0.1) is 5.41 Å². The third-order valence-electron chi connectivity index (χ3n) is 3.68. The summed E-state index contributed by atoms with van der Waals surface area (Å²) in [6.07, 6.45) is 1.69. The highest BCUT2D eigenvalue weighted by Crippen LogP contribution is 2.25. The van der Waals surface area contributed by atoms with Crippen molar-refractivity contribution in [3.05, 3.63) is 0 Å². The molecular weight excluding hydrogens is 274 g/mol. The minimum atomic E-state index is -0.957. The van der Waals surface area contributed by atoms with E-state index < -0.39 is 17.4 Å². The van der Waals surface area contributed by atoms with Crippen LogP contribution in [0, 0.1) is 5.41 Å². The number of hydrogen-bond acceptors (Lipinski definition) is 3. The van der Waals surface area contributed by atoms with E-state index in [4.69, 9.17) is 0 Å². The van der Waals surface area contributed by atoms with Crippen molar-refractivity contribution in [3.8, 4) is 0 Å². The number of likely N-dealkylation sites (N-methyl/N-ethyl adjacent to an activating group) is 1. The Bertz CT molecular complexity index is 367. The summed E-state index contributed by atoms with van der Waals surface area (Å²) in [6.45, 7) is 6.08. The molecule has 21 heavy (non-hydrogen) atoms. The lowest BCUT2D eigenvalue weighted by molar-refractivity contribution is -0.149. The Morgan fingerprint density at radius 1 is 1.10 bits per heavy atom. The zero-order valence-electron chi connectivity index (χ0n) is 13.4. The molecule has 0 spiro atoms. The van der Waals surface area contributed by atoms with Gasteiger partial charge < -0.3 is 20.6 Å². The number of carbonyl (C=O) groups is 3. The lowest BCUT2D eigenvalue weighted by Gasteiger charge is -2.28. The van der Waals surface area contributed by atoms with E-state index in [9.17, 15) is 19.5 Å². The molecule has 0 aromatic carbocycles. The average molecular weight is 301 g/mol. The third-order valence-corrected chi connectivity index (χ3v) is 3.68. The first kappa shape index (κ1) is 19.2. The monoisotopic (exact) mass is 301 g/mol. The van der Waals surface area contributed by atoms with Gasteiger partial charge in [-0.15, -0.1) is 0 Å². The molecule has 0 aliphatic heterocycles. The number of hydrogen-bond donors (Lipinski definition) is 3. The minimum Gasteiger partial charge on any atom is -0.481 e. The Morgan fingerprint density at radius 2 is 1.67 bits per heavy atom. The highest BCUT2D eigenvalue weighted by molar-refractivity contribution is 5.84. The fourth-order valence-corrected chi connectivity index (χ4v) is 1.87. The number of nitrogens with one attached hydrogen (secondary N) is 2. The standard InChI is InChI=1S/C14H27N3O4/c1-5-8-15-11(18)9-17(4)13(21)16-10-14(6-2,7-3)12(19)20/h5-10H2,1-4H3,(H,15,18)(H,16,21)(H,19,20). The maximum atomic E-state index is 11.9. The third kappa shape index (κ3) is 6.01. The quantitative estimate of drug-likeness (QED) is 0.592. The fraction of sp³-hybridized carbons (Fsp3) is 0.786. The predicted octanol–water partition coefficient (Wildman–Crippen LogP) is 1.05. The summed E-state index contributed by atoms with van der Waals surface area (Å²) >= 11 is 0. The van der Waals surface area contributed by atoms with Gasteiger partial charge in [0.1, 0.15) is 6.54 Å². The van der Waals surface area contributed by atoms with Gasteiger partial charge in [-0.1, -0.05) is 20.8 Å². The van der Waals surface area contributed by atoms with Crippen molar-refractivity contribution < 1.29 is 19.5 Å². The second-order valence-corrected chi connectivity index (χ2v) is 5.16. The van der Waals surface area contributed by atoms with Crippen LogP contribution in [0.2, 0.25) is 0 Å². The van der Waals surface area contributed by atoms with Crippen molar-refractivity contribution in [1.29, 1.82) is 0 Å². The second-order valence-electron chi connectivity index (χ2n) is 5.16. The number of nitrogens with zero attached hydrogens (tertiary/aromatic N) is 1. The smallest absolute Gasteiger partial charge is 0.317 e. The van der Waals surface area contributed by atoms with Crippen molar-refractivity contribution in [2.45, 2.75) is 40.0 Å². The highest BCUT2D eigenvalue weighted by Gasteiger charge is 2.35. The van der Waals surface area contributed by atoms with Crippen molar-refractivity contribution in [1.82, 2.24) is 15.5 Å². The summed E-state index contributed by atoms with van der Waals surface area (Å²) in [5.41, 5.74) is -0.957. The van der Waals surface area contributed by atoms with Gasteiger partial charge in [0.2, 0.25) is 5.91 Å². The molecule has 0 bridgehead atoms. The van der Waals surface area contributed by atoms with E-state index in [0.717, 1.165) is 6.42 Å². The van der Waals surface area contributed by atoms with Crippen LogP contribution < -0.4 is 10.6 Å². The molecule has 0 unspecified atom stereocenters. The van der Waals surface area contributed by atoms with Crippen LogP contribution >= 0.6 is 0 Å². The van der Waals surface area contributed by atoms with Gasteiger partial charge in [0.15, 0.2) is 0 Å². The fourth-order valence-electron chi connectivity index (χ4n) is 1.87. The van der Waals surface area contributed by atoms with E-state index in [1.807, 2.05) is 6.92 Å². The molecule has 0 saturated carbocycles. The largest absolute Gasteiger partial charge is 0.481 e.